The first-order chi connectivity index (χ1) is 8.10. The first kappa shape index (κ1) is 12.1. The number of hydrogen-bond acceptors (Lipinski definition) is 2. The fourth-order valence-corrected chi connectivity index (χ4v) is 2.34. The zero-order valence-corrected chi connectivity index (χ0v) is 11.3. The van der Waals surface area contributed by atoms with Gasteiger partial charge in [0.2, 0.25) is 0 Å². The Balaban J connectivity index is 3.06. The second-order valence-electron chi connectivity index (χ2n) is 3.74. The van der Waals surface area contributed by atoms with E-state index in [1.807, 2.05) is 13.0 Å². The minimum absolute atomic E-state index is 0.224. The van der Waals surface area contributed by atoms with Gasteiger partial charge in [-0.1, -0.05) is 15.9 Å². The highest BCUT2D eigenvalue weighted by Crippen LogP contribution is 2.15. The van der Waals surface area contributed by atoms with E-state index in [1.165, 1.54) is 4.57 Å². The summed E-state index contributed by atoms with van der Waals surface area (Å²) < 4.78 is 3.72. The highest BCUT2D eigenvalue weighted by Gasteiger charge is 2.10. The SMILES string of the molecule is CCn1c(=O)c2cc(Br)ccc2n(CC)c1=O. The third-order valence-corrected chi connectivity index (χ3v) is 3.31. The van der Waals surface area contributed by atoms with Crippen molar-refractivity contribution in [1.82, 2.24) is 9.13 Å². The molecule has 0 N–H and O–H groups in total. The number of rotatable bonds is 2. The van der Waals surface area contributed by atoms with Crippen molar-refractivity contribution in [2.45, 2.75) is 26.9 Å². The minimum atomic E-state index is -0.241. The van der Waals surface area contributed by atoms with Crippen LogP contribution in [0.1, 0.15) is 13.8 Å². The third kappa shape index (κ3) is 1.84. The Morgan fingerprint density at radius 1 is 1.12 bits per heavy atom. The fourth-order valence-electron chi connectivity index (χ4n) is 1.98. The Kier molecular flexibility index (Phi) is 3.19. The maximum absolute atomic E-state index is 12.1. The van der Waals surface area contributed by atoms with Crippen LogP contribution < -0.4 is 11.2 Å². The Bertz CT molecular complexity index is 685. The van der Waals surface area contributed by atoms with Gasteiger partial charge in [0.05, 0.1) is 10.9 Å². The largest absolute Gasteiger partial charge is 0.331 e. The molecule has 0 bridgehead atoms. The summed E-state index contributed by atoms with van der Waals surface area (Å²) in [7, 11) is 0. The second-order valence-corrected chi connectivity index (χ2v) is 4.65. The van der Waals surface area contributed by atoms with Gasteiger partial charge in [-0.15, -0.1) is 0 Å². The van der Waals surface area contributed by atoms with Crippen LogP contribution in [0.3, 0.4) is 0 Å². The lowest BCUT2D eigenvalue weighted by molar-refractivity contribution is 0.609. The molecule has 0 aliphatic carbocycles. The van der Waals surface area contributed by atoms with E-state index >= 15 is 0 Å². The summed E-state index contributed by atoms with van der Waals surface area (Å²) in [4.78, 5) is 24.2. The lowest BCUT2D eigenvalue weighted by Gasteiger charge is -2.11. The van der Waals surface area contributed by atoms with Crippen LogP contribution in [0, 0.1) is 0 Å². The van der Waals surface area contributed by atoms with E-state index in [9.17, 15) is 9.59 Å². The fraction of sp³-hybridized carbons (Fsp3) is 0.333. The molecule has 0 atom stereocenters. The topological polar surface area (TPSA) is 44.0 Å². The molecule has 90 valence electrons. The molecule has 5 heteroatoms. The summed E-state index contributed by atoms with van der Waals surface area (Å²) in [6.45, 7) is 4.64. The molecule has 0 unspecified atom stereocenters. The van der Waals surface area contributed by atoms with Crippen molar-refractivity contribution in [3.63, 3.8) is 0 Å². The normalized spacial score (nSPS) is 11.0. The van der Waals surface area contributed by atoms with Crippen LogP contribution >= 0.6 is 15.9 Å². The van der Waals surface area contributed by atoms with Crippen LogP contribution in [-0.4, -0.2) is 9.13 Å². The van der Waals surface area contributed by atoms with Gasteiger partial charge >= 0.3 is 5.69 Å². The highest BCUT2D eigenvalue weighted by atomic mass is 79.9. The lowest BCUT2D eigenvalue weighted by Crippen LogP contribution is -2.39. The number of aromatic nitrogens is 2. The third-order valence-electron chi connectivity index (χ3n) is 2.82. The number of benzene rings is 1. The number of halogens is 1. The Labute approximate surface area is 107 Å². The molecule has 0 radical (unpaired) electrons. The van der Waals surface area contributed by atoms with E-state index in [0.29, 0.717) is 24.0 Å². The number of nitrogens with zero attached hydrogens (tertiary/aromatic N) is 2. The van der Waals surface area contributed by atoms with E-state index < -0.39 is 0 Å². The molecule has 0 spiro atoms. The van der Waals surface area contributed by atoms with Gasteiger partial charge < -0.3 is 0 Å². The average molecular weight is 297 g/mol. The summed E-state index contributed by atoms with van der Waals surface area (Å²) in [5, 5.41) is 0.572. The van der Waals surface area contributed by atoms with Crippen molar-refractivity contribution in [2.24, 2.45) is 0 Å². The van der Waals surface area contributed by atoms with E-state index in [4.69, 9.17) is 0 Å². The van der Waals surface area contributed by atoms with Crippen LogP contribution in [0.15, 0.2) is 32.3 Å². The zero-order chi connectivity index (χ0) is 12.6. The van der Waals surface area contributed by atoms with Crippen molar-refractivity contribution in [3.8, 4) is 0 Å². The van der Waals surface area contributed by atoms with Gasteiger partial charge in [-0.05, 0) is 32.0 Å². The first-order valence-corrected chi connectivity index (χ1v) is 6.32. The first-order valence-electron chi connectivity index (χ1n) is 5.53. The molecule has 0 saturated heterocycles. The summed E-state index contributed by atoms with van der Waals surface area (Å²) in [6.07, 6.45) is 0. The molecule has 2 aromatic rings. The van der Waals surface area contributed by atoms with Gasteiger partial charge in [-0.25, -0.2) is 4.79 Å². The smallest absolute Gasteiger partial charge is 0.293 e. The van der Waals surface area contributed by atoms with Gasteiger partial charge in [0, 0.05) is 17.6 Å². The standard InChI is InChI=1S/C12H13BrN2O2/c1-3-14-10-6-5-8(13)7-9(10)11(16)15(4-2)12(14)17/h5-7H,3-4H2,1-2H3. The van der Waals surface area contributed by atoms with Gasteiger partial charge in [0.1, 0.15) is 0 Å². The predicted molar refractivity (Wildman–Crippen MR) is 71.5 cm³/mol. The van der Waals surface area contributed by atoms with Crippen LogP contribution in [-0.2, 0) is 13.1 Å². The van der Waals surface area contributed by atoms with Crippen LogP contribution in [0.5, 0.6) is 0 Å². The molecule has 17 heavy (non-hydrogen) atoms. The van der Waals surface area contributed by atoms with Crippen LogP contribution in [0.25, 0.3) is 10.9 Å². The molecule has 1 aromatic heterocycles. The number of hydrogen-bond donors (Lipinski definition) is 0. The molecular weight excluding hydrogens is 284 g/mol. The molecule has 1 aromatic carbocycles. The molecule has 0 aliphatic rings. The molecule has 0 aliphatic heterocycles. The molecular formula is C12H13BrN2O2. The molecule has 0 saturated carbocycles. The van der Waals surface area contributed by atoms with Crippen molar-refractivity contribution < 1.29 is 0 Å². The Hall–Kier alpha value is -1.36. The van der Waals surface area contributed by atoms with Gasteiger partial charge in [0.15, 0.2) is 0 Å². The Morgan fingerprint density at radius 3 is 2.35 bits per heavy atom. The predicted octanol–water partition coefficient (Wildman–Crippen LogP) is 1.97. The molecule has 0 fully saturated rings. The van der Waals surface area contributed by atoms with Gasteiger partial charge in [-0.3, -0.25) is 13.9 Å². The summed E-state index contributed by atoms with van der Waals surface area (Å²) in [6, 6.07) is 5.39. The van der Waals surface area contributed by atoms with Crippen molar-refractivity contribution in [3.05, 3.63) is 43.5 Å². The maximum atomic E-state index is 12.1. The maximum Gasteiger partial charge on any atom is 0.331 e. The minimum Gasteiger partial charge on any atom is -0.293 e. The molecule has 2 rings (SSSR count). The summed E-state index contributed by atoms with van der Waals surface area (Å²) in [5.41, 5.74) is 0.226. The van der Waals surface area contributed by atoms with Crippen molar-refractivity contribution in [2.75, 3.05) is 0 Å². The highest BCUT2D eigenvalue weighted by molar-refractivity contribution is 9.10. The number of fused-ring (bicyclic) bond motifs is 1. The monoisotopic (exact) mass is 296 g/mol. The average Bonchev–Trinajstić information content (AvgIpc) is 2.31. The summed E-state index contributed by atoms with van der Waals surface area (Å²) >= 11 is 3.34. The molecule has 4 nitrogen and oxygen atoms in total. The second kappa shape index (κ2) is 4.49. The van der Waals surface area contributed by atoms with Gasteiger partial charge in [0.25, 0.3) is 5.56 Å². The summed E-state index contributed by atoms with van der Waals surface area (Å²) in [5.74, 6) is 0. The van der Waals surface area contributed by atoms with Crippen LogP contribution in [0.2, 0.25) is 0 Å². The van der Waals surface area contributed by atoms with E-state index in [2.05, 4.69) is 15.9 Å². The molecule has 1 heterocycles. The van der Waals surface area contributed by atoms with E-state index in [-0.39, 0.29) is 11.2 Å². The van der Waals surface area contributed by atoms with Crippen molar-refractivity contribution in [1.29, 1.82) is 0 Å². The zero-order valence-electron chi connectivity index (χ0n) is 9.74. The number of aryl methyl sites for hydroxylation is 1. The molecule has 0 amide bonds. The van der Waals surface area contributed by atoms with Gasteiger partial charge in [-0.2, -0.15) is 0 Å². The Morgan fingerprint density at radius 2 is 1.76 bits per heavy atom. The van der Waals surface area contributed by atoms with E-state index in [1.54, 1.807) is 23.6 Å². The van der Waals surface area contributed by atoms with Crippen molar-refractivity contribution >= 4 is 26.8 Å². The lowest BCUT2D eigenvalue weighted by atomic mass is 10.2. The van der Waals surface area contributed by atoms with Crippen LogP contribution in [0.4, 0.5) is 0 Å². The quantitative estimate of drug-likeness (QED) is 0.850. The van der Waals surface area contributed by atoms with E-state index in [0.717, 1.165) is 4.47 Å².